The van der Waals surface area contributed by atoms with E-state index in [-0.39, 0.29) is 12.1 Å². The van der Waals surface area contributed by atoms with E-state index in [4.69, 9.17) is 4.74 Å². The third-order valence-electron chi connectivity index (χ3n) is 2.69. The average Bonchev–Trinajstić information content (AvgIpc) is 2.69. The van der Waals surface area contributed by atoms with Crippen LogP contribution < -0.4 is 5.32 Å². The van der Waals surface area contributed by atoms with Crippen molar-refractivity contribution in [2.24, 2.45) is 0 Å². The van der Waals surface area contributed by atoms with E-state index < -0.39 is 5.82 Å². The SMILES string of the molecule is COC1CCCC1Nc1ncc(F)cn1. The van der Waals surface area contributed by atoms with Gasteiger partial charge in [0.25, 0.3) is 0 Å². The van der Waals surface area contributed by atoms with Gasteiger partial charge >= 0.3 is 0 Å². The first kappa shape index (κ1) is 10.3. The lowest BCUT2D eigenvalue weighted by atomic mass is 10.2. The number of nitrogens with one attached hydrogen (secondary N) is 1. The Morgan fingerprint density at radius 1 is 1.40 bits per heavy atom. The van der Waals surface area contributed by atoms with E-state index in [9.17, 15) is 4.39 Å². The molecule has 0 radical (unpaired) electrons. The van der Waals surface area contributed by atoms with E-state index in [0.29, 0.717) is 5.95 Å². The summed E-state index contributed by atoms with van der Waals surface area (Å²) in [5, 5.41) is 3.16. The van der Waals surface area contributed by atoms with Gasteiger partial charge in [-0.3, -0.25) is 0 Å². The molecule has 2 atom stereocenters. The summed E-state index contributed by atoms with van der Waals surface area (Å²) in [4.78, 5) is 7.72. The summed E-state index contributed by atoms with van der Waals surface area (Å²) < 4.78 is 17.9. The molecular weight excluding hydrogens is 197 g/mol. The molecule has 1 fully saturated rings. The number of rotatable bonds is 3. The molecular formula is C10H14FN3O. The number of nitrogens with zero attached hydrogens (tertiary/aromatic N) is 2. The van der Waals surface area contributed by atoms with Crippen molar-refractivity contribution in [2.75, 3.05) is 12.4 Å². The minimum atomic E-state index is -0.421. The topological polar surface area (TPSA) is 47.0 Å². The molecule has 82 valence electrons. The van der Waals surface area contributed by atoms with Crippen molar-refractivity contribution in [3.8, 4) is 0 Å². The Morgan fingerprint density at radius 2 is 2.13 bits per heavy atom. The van der Waals surface area contributed by atoms with Gasteiger partial charge in [-0.1, -0.05) is 0 Å². The summed E-state index contributed by atoms with van der Waals surface area (Å²) >= 11 is 0. The quantitative estimate of drug-likeness (QED) is 0.824. The fourth-order valence-corrected chi connectivity index (χ4v) is 1.93. The lowest BCUT2D eigenvalue weighted by Gasteiger charge is -2.19. The lowest BCUT2D eigenvalue weighted by Crippen LogP contribution is -2.30. The molecule has 5 heteroatoms. The van der Waals surface area contributed by atoms with Gasteiger partial charge < -0.3 is 10.1 Å². The molecule has 1 aromatic heterocycles. The van der Waals surface area contributed by atoms with Gasteiger partial charge in [0.1, 0.15) is 0 Å². The monoisotopic (exact) mass is 211 g/mol. The largest absolute Gasteiger partial charge is 0.379 e. The molecule has 1 aromatic rings. The fraction of sp³-hybridized carbons (Fsp3) is 0.600. The Hall–Kier alpha value is -1.23. The molecule has 0 aromatic carbocycles. The second-order valence-corrected chi connectivity index (χ2v) is 3.68. The van der Waals surface area contributed by atoms with Gasteiger partial charge in [-0.05, 0) is 19.3 Å². The van der Waals surface area contributed by atoms with Crippen LogP contribution in [0.15, 0.2) is 12.4 Å². The van der Waals surface area contributed by atoms with Crippen LogP contribution in [0.5, 0.6) is 0 Å². The first-order valence-electron chi connectivity index (χ1n) is 5.06. The first-order valence-corrected chi connectivity index (χ1v) is 5.06. The van der Waals surface area contributed by atoms with Gasteiger partial charge in [0.05, 0.1) is 24.5 Å². The number of ether oxygens (including phenoxy) is 1. The molecule has 15 heavy (non-hydrogen) atoms. The fourth-order valence-electron chi connectivity index (χ4n) is 1.93. The van der Waals surface area contributed by atoms with Crippen LogP contribution in [0.4, 0.5) is 10.3 Å². The van der Waals surface area contributed by atoms with Gasteiger partial charge in [0, 0.05) is 7.11 Å². The van der Waals surface area contributed by atoms with Crippen LogP contribution in [0, 0.1) is 5.82 Å². The molecule has 2 rings (SSSR count). The molecule has 0 aliphatic heterocycles. The zero-order valence-electron chi connectivity index (χ0n) is 8.61. The van der Waals surface area contributed by atoms with Crippen LogP contribution in [-0.2, 0) is 4.74 Å². The molecule has 1 aliphatic carbocycles. The number of anilines is 1. The predicted molar refractivity (Wildman–Crippen MR) is 54.0 cm³/mol. The van der Waals surface area contributed by atoms with E-state index in [1.165, 1.54) is 0 Å². The molecule has 2 unspecified atom stereocenters. The Morgan fingerprint density at radius 3 is 2.80 bits per heavy atom. The maximum atomic E-state index is 12.6. The molecule has 4 nitrogen and oxygen atoms in total. The number of halogens is 1. The van der Waals surface area contributed by atoms with Crippen molar-refractivity contribution in [1.82, 2.24) is 9.97 Å². The highest BCUT2D eigenvalue weighted by Crippen LogP contribution is 2.23. The number of hydrogen-bond acceptors (Lipinski definition) is 4. The highest BCUT2D eigenvalue weighted by atomic mass is 19.1. The second-order valence-electron chi connectivity index (χ2n) is 3.68. The van der Waals surface area contributed by atoms with Gasteiger partial charge in [0.2, 0.25) is 5.95 Å². The normalized spacial score (nSPS) is 25.5. The molecule has 0 spiro atoms. The number of methoxy groups -OCH3 is 1. The summed E-state index contributed by atoms with van der Waals surface area (Å²) in [7, 11) is 1.70. The van der Waals surface area contributed by atoms with Crippen molar-refractivity contribution in [3.05, 3.63) is 18.2 Å². The molecule has 0 saturated heterocycles. The van der Waals surface area contributed by atoms with Crippen LogP contribution in [0.2, 0.25) is 0 Å². The number of aromatic nitrogens is 2. The van der Waals surface area contributed by atoms with Gasteiger partial charge in [0.15, 0.2) is 5.82 Å². The van der Waals surface area contributed by atoms with E-state index in [1.807, 2.05) is 0 Å². The zero-order chi connectivity index (χ0) is 10.7. The summed E-state index contributed by atoms with van der Waals surface area (Å²) in [5.74, 6) is 0.0422. The number of hydrogen-bond donors (Lipinski definition) is 1. The highest BCUT2D eigenvalue weighted by molar-refractivity contribution is 5.25. The molecule has 1 N–H and O–H groups in total. The Kier molecular flexibility index (Phi) is 3.11. The van der Waals surface area contributed by atoms with Gasteiger partial charge in [-0.15, -0.1) is 0 Å². The van der Waals surface area contributed by atoms with Crippen LogP contribution in [-0.4, -0.2) is 29.2 Å². The molecule has 1 saturated carbocycles. The Bertz CT molecular complexity index is 317. The van der Waals surface area contributed by atoms with Crippen molar-refractivity contribution in [3.63, 3.8) is 0 Å². The molecule has 1 aliphatic rings. The van der Waals surface area contributed by atoms with Crippen molar-refractivity contribution >= 4 is 5.95 Å². The summed E-state index contributed by atoms with van der Waals surface area (Å²) in [6.07, 6.45) is 5.75. The highest BCUT2D eigenvalue weighted by Gasteiger charge is 2.27. The Labute approximate surface area is 87.9 Å². The average molecular weight is 211 g/mol. The summed E-state index contributed by atoms with van der Waals surface area (Å²) in [5.41, 5.74) is 0. The van der Waals surface area contributed by atoms with Crippen LogP contribution >= 0.6 is 0 Å². The predicted octanol–water partition coefficient (Wildman–Crippen LogP) is 1.60. The zero-order valence-corrected chi connectivity index (χ0v) is 8.61. The lowest BCUT2D eigenvalue weighted by molar-refractivity contribution is 0.101. The van der Waals surface area contributed by atoms with Crippen LogP contribution in [0.25, 0.3) is 0 Å². The smallest absolute Gasteiger partial charge is 0.223 e. The van der Waals surface area contributed by atoms with Crippen molar-refractivity contribution < 1.29 is 9.13 Å². The van der Waals surface area contributed by atoms with Gasteiger partial charge in [-0.25, -0.2) is 14.4 Å². The minimum absolute atomic E-state index is 0.207. The van der Waals surface area contributed by atoms with Crippen LogP contribution in [0.1, 0.15) is 19.3 Å². The third-order valence-corrected chi connectivity index (χ3v) is 2.69. The third kappa shape index (κ3) is 2.41. The van der Waals surface area contributed by atoms with Crippen molar-refractivity contribution in [2.45, 2.75) is 31.4 Å². The Balaban J connectivity index is 1.99. The summed E-state index contributed by atoms with van der Waals surface area (Å²) in [6, 6.07) is 0.237. The van der Waals surface area contributed by atoms with E-state index >= 15 is 0 Å². The summed E-state index contributed by atoms with van der Waals surface area (Å²) in [6.45, 7) is 0. The maximum absolute atomic E-state index is 12.6. The standard InChI is InChI=1S/C10H14FN3O/c1-15-9-4-2-3-8(9)14-10-12-5-7(11)6-13-10/h5-6,8-9H,2-4H2,1H3,(H,12,13,14). The van der Waals surface area contributed by atoms with E-state index in [2.05, 4.69) is 15.3 Å². The van der Waals surface area contributed by atoms with Crippen molar-refractivity contribution in [1.29, 1.82) is 0 Å². The van der Waals surface area contributed by atoms with E-state index in [1.54, 1.807) is 7.11 Å². The second kappa shape index (κ2) is 4.53. The first-order chi connectivity index (χ1) is 7.29. The molecule has 0 bridgehead atoms. The minimum Gasteiger partial charge on any atom is -0.379 e. The van der Waals surface area contributed by atoms with E-state index in [0.717, 1.165) is 31.7 Å². The molecule has 1 heterocycles. The van der Waals surface area contributed by atoms with Crippen LogP contribution in [0.3, 0.4) is 0 Å². The van der Waals surface area contributed by atoms with Gasteiger partial charge in [-0.2, -0.15) is 0 Å². The maximum Gasteiger partial charge on any atom is 0.223 e. The molecule has 0 amide bonds.